The number of anilines is 3. The van der Waals surface area contributed by atoms with Crippen LogP contribution in [0.3, 0.4) is 0 Å². The molecule has 1 aliphatic rings. The number of rotatable bonds is 7. The zero-order valence-electron chi connectivity index (χ0n) is 33.1. The second-order valence-corrected chi connectivity index (χ2v) is 16.0. The van der Waals surface area contributed by atoms with Crippen molar-refractivity contribution in [2.75, 3.05) is 4.90 Å². The number of furan rings is 1. The van der Waals surface area contributed by atoms with Gasteiger partial charge in [-0.1, -0.05) is 196 Å². The molecule has 2 heteroatoms. The fourth-order valence-corrected chi connectivity index (χ4v) is 9.54. The van der Waals surface area contributed by atoms with Crippen LogP contribution in [0.4, 0.5) is 17.1 Å². The summed E-state index contributed by atoms with van der Waals surface area (Å²) in [6, 6.07) is 76.8. The zero-order chi connectivity index (χ0) is 39.5. The quantitative estimate of drug-likeness (QED) is 0.161. The van der Waals surface area contributed by atoms with Crippen molar-refractivity contribution >= 4 is 39.0 Å². The van der Waals surface area contributed by atoms with E-state index in [1.54, 1.807) is 0 Å². The maximum atomic E-state index is 6.70. The predicted octanol–water partition coefficient (Wildman–Crippen LogP) is 16.0. The highest BCUT2D eigenvalue weighted by atomic mass is 16.3. The number of fused-ring (bicyclic) bond motifs is 6. The van der Waals surface area contributed by atoms with Crippen LogP contribution < -0.4 is 4.90 Å². The standard InChI is InChI=1S/C57H41NO/c1-57(2)50-30-13-9-26-48(50)55-45(27-18-31-51(55)57)42-23-10-14-32-52(42)58(40-35-36-41(38-19-5-3-6-20-38)49(37-40)39-21-7-4-8-22-39)53-33-15-11-24-43(53)46-28-17-29-47-44-25-12-16-34-54(44)59-56(46)47/h3-37H,1-2H3. The molecule has 0 saturated carbocycles. The smallest absolute Gasteiger partial charge is 0.143 e. The summed E-state index contributed by atoms with van der Waals surface area (Å²) in [4.78, 5) is 2.47. The van der Waals surface area contributed by atoms with Gasteiger partial charge in [0, 0.05) is 38.6 Å². The van der Waals surface area contributed by atoms with Crippen LogP contribution in [-0.4, -0.2) is 0 Å². The van der Waals surface area contributed by atoms with Crippen molar-refractivity contribution in [3.8, 4) is 55.6 Å². The third kappa shape index (κ3) is 5.63. The van der Waals surface area contributed by atoms with Crippen LogP contribution >= 0.6 is 0 Å². The fraction of sp³-hybridized carbons (Fsp3) is 0.0526. The Hall–Kier alpha value is -7.42. The van der Waals surface area contributed by atoms with E-state index in [9.17, 15) is 0 Å². The Labute approximate surface area is 345 Å². The highest BCUT2D eigenvalue weighted by molar-refractivity contribution is 6.11. The molecule has 0 N–H and O–H groups in total. The Kier molecular flexibility index (Phi) is 8.20. The first-order valence-corrected chi connectivity index (χ1v) is 20.4. The number of hydrogen-bond acceptors (Lipinski definition) is 2. The van der Waals surface area contributed by atoms with Crippen LogP contribution in [0.15, 0.2) is 217 Å². The average molecular weight is 756 g/mol. The molecule has 59 heavy (non-hydrogen) atoms. The van der Waals surface area contributed by atoms with Crippen LogP contribution in [-0.2, 0) is 5.41 Å². The summed E-state index contributed by atoms with van der Waals surface area (Å²) >= 11 is 0. The van der Waals surface area contributed by atoms with Crippen molar-refractivity contribution in [1.29, 1.82) is 0 Å². The average Bonchev–Trinajstić information content (AvgIpc) is 3.80. The minimum Gasteiger partial charge on any atom is -0.455 e. The fourth-order valence-electron chi connectivity index (χ4n) is 9.54. The molecule has 0 bridgehead atoms. The summed E-state index contributed by atoms with van der Waals surface area (Å²) in [7, 11) is 0. The van der Waals surface area contributed by atoms with Crippen LogP contribution in [0.2, 0.25) is 0 Å². The van der Waals surface area contributed by atoms with Gasteiger partial charge in [0.25, 0.3) is 0 Å². The summed E-state index contributed by atoms with van der Waals surface area (Å²) in [5.74, 6) is 0. The monoisotopic (exact) mass is 755 g/mol. The molecule has 0 unspecified atom stereocenters. The first-order chi connectivity index (χ1) is 29.1. The van der Waals surface area contributed by atoms with E-state index in [0.29, 0.717) is 0 Å². The van der Waals surface area contributed by atoms with Gasteiger partial charge < -0.3 is 9.32 Å². The molecular weight excluding hydrogens is 715 g/mol. The molecule has 11 rings (SSSR count). The van der Waals surface area contributed by atoms with E-state index >= 15 is 0 Å². The summed E-state index contributed by atoms with van der Waals surface area (Å²) in [6.07, 6.45) is 0. The maximum Gasteiger partial charge on any atom is 0.143 e. The van der Waals surface area contributed by atoms with Crippen molar-refractivity contribution in [3.63, 3.8) is 0 Å². The van der Waals surface area contributed by atoms with Gasteiger partial charge in [-0.2, -0.15) is 0 Å². The molecule has 0 fully saturated rings. The van der Waals surface area contributed by atoms with Crippen LogP contribution in [0.5, 0.6) is 0 Å². The molecule has 0 amide bonds. The highest BCUT2D eigenvalue weighted by Crippen LogP contribution is 2.54. The van der Waals surface area contributed by atoms with Crippen LogP contribution in [0, 0.1) is 0 Å². The summed E-state index contributed by atoms with van der Waals surface area (Å²) < 4.78 is 6.70. The van der Waals surface area contributed by atoms with Gasteiger partial charge in [-0.25, -0.2) is 0 Å². The SMILES string of the molecule is CC1(C)c2ccccc2-c2c(-c3ccccc3N(c3ccc(-c4ccccc4)c(-c4ccccc4)c3)c3ccccc3-c3cccc4c3oc3ccccc34)cccc21. The van der Waals surface area contributed by atoms with E-state index in [1.165, 1.54) is 55.6 Å². The lowest BCUT2D eigenvalue weighted by Crippen LogP contribution is -2.15. The molecule has 0 radical (unpaired) electrons. The summed E-state index contributed by atoms with van der Waals surface area (Å²) in [5.41, 5.74) is 19.5. The topological polar surface area (TPSA) is 16.4 Å². The van der Waals surface area contributed by atoms with Gasteiger partial charge >= 0.3 is 0 Å². The Morgan fingerprint density at radius 2 is 0.898 bits per heavy atom. The normalized spacial score (nSPS) is 12.7. The minimum atomic E-state index is -0.119. The number of para-hydroxylation sites is 4. The van der Waals surface area contributed by atoms with Crippen molar-refractivity contribution in [2.24, 2.45) is 0 Å². The number of hydrogen-bond donors (Lipinski definition) is 0. The molecule has 1 heterocycles. The van der Waals surface area contributed by atoms with E-state index in [1.807, 2.05) is 6.07 Å². The lowest BCUT2D eigenvalue weighted by Gasteiger charge is -2.31. The van der Waals surface area contributed by atoms with E-state index in [4.69, 9.17) is 4.42 Å². The Balaban J connectivity index is 1.20. The third-order valence-corrected chi connectivity index (χ3v) is 12.3. The number of benzene rings is 9. The van der Waals surface area contributed by atoms with E-state index in [2.05, 4.69) is 225 Å². The number of nitrogens with zero attached hydrogens (tertiary/aromatic N) is 1. The van der Waals surface area contributed by atoms with E-state index in [0.717, 1.165) is 50.1 Å². The van der Waals surface area contributed by atoms with Crippen LogP contribution in [0.1, 0.15) is 25.0 Å². The van der Waals surface area contributed by atoms with Gasteiger partial charge in [-0.15, -0.1) is 0 Å². The lowest BCUT2D eigenvalue weighted by atomic mass is 9.82. The summed E-state index contributed by atoms with van der Waals surface area (Å²) in [6.45, 7) is 4.71. The highest BCUT2D eigenvalue weighted by Gasteiger charge is 2.37. The zero-order valence-corrected chi connectivity index (χ0v) is 33.1. The van der Waals surface area contributed by atoms with Gasteiger partial charge in [0.05, 0.1) is 11.4 Å². The molecule has 2 nitrogen and oxygen atoms in total. The van der Waals surface area contributed by atoms with Crippen molar-refractivity contribution in [2.45, 2.75) is 19.3 Å². The van der Waals surface area contributed by atoms with Crippen molar-refractivity contribution < 1.29 is 4.42 Å². The van der Waals surface area contributed by atoms with Gasteiger partial charge in [0.1, 0.15) is 11.2 Å². The molecule has 0 spiro atoms. The third-order valence-electron chi connectivity index (χ3n) is 12.3. The molecule has 0 saturated heterocycles. The molecule has 10 aromatic rings. The van der Waals surface area contributed by atoms with Gasteiger partial charge in [-0.05, 0) is 80.4 Å². The Morgan fingerprint density at radius 3 is 1.64 bits per heavy atom. The van der Waals surface area contributed by atoms with E-state index in [-0.39, 0.29) is 5.41 Å². The lowest BCUT2D eigenvalue weighted by molar-refractivity contribution is 0.660. The van der Waals surface area contributed by atoms with Gasteiger partial charge in [-0.3, -0.25) is 0 Å². The van der Waals surface area contributed by atoms with Crippen molar-refractivity contribution in [3.05, 3.63) is 223 Å². The van der Waals surface area contributed by atoms with Crippen molar-refractivity contribution in [1.82, 2.24) is 0 Å². The molecule has 1 aromatic heterocycles. The molecule has 0 atom stereocenters. The first kappa shape index (κ1) is 34.8. The summed E-state index contributed by atoms with van der Waals surface area (Å²) in [5, 5.41) is 2.23. The Morgan fingerprint density at radius 1 is 0.373 bits per heavy atom. The van der Waals surface area contributed by atoms with Gasteiger partial charge in [0.2, 0.25) is 0 Å². The predicted molar refractivity (Wildman–Crippen MR) is 248 cm³/mol. The molecule has 280 valence electrons. The maximum absolute atomic E-state index is 6.70. The molecule has 9 aromatic carbocycles. The first-order valence-electron chi connectivity index (χ1n) is 20.4. The second-order valence-electron chi connectivity index (χ2n) is 16.0. The van der Waals surface area contributed by atoms with Crippen LogP contribution in [0.25, 0.3) is 77.6 Å². The van der Waals surface area contributed by atoms with Gasteiger partial charge in [0.15, 0.2) is 0 Å². The van der Waals surface area contributed by atoms with E-state index < -0.39 is 0 Å². The molecular formula is C57H41NO. The molecule has 0 aliphatic heterocycles. The Bertz CT molecular complexity index is 3190. The second kappa shape index (κ2) is 13.9. The molecule has 1 aliphatic carbocycles. The minimum absolute atomic E-state index is 0.119. The largest absolute Gasteiger partial charge is 0.455 e.